The number of carbonyl (C=O) groups is 2. The zero-order valence-electron chi connectivity index (χ0n) is 14.4. The lowest BCUT2D eigenvalue weighted by molar-refractivity contribution is -0.134. The molecular weight excluding hydrogens is 340 g/mol. The van der Waals surface area contributed by atoms with Crippen LogP contribution in [0.4, 0.5) is 5.13 Å². The van der Waals surface area contributed by atoms with Crippen LogP contribution < -0.4 is 4.90 Å². The van der Waals surface area contributed by atoms with Crippen molar-refractivity contribution in [2.24, 2.45) is 5.92 Å². The molecule has 8 nitrogen and oxygen atoms in total. The minimum absolute atomic E-state index is 0.00218. The van der Waals surface area contributed by atoms with Gasteiger partial charge in [0, 0.05) is 39.2 Å². The fourth-order valence-electron chi connectivity index (χ4n) is 2.86. The Hall–Kier alpha value is -2.29. The molecule has 3 heterocycles. The predicted octanol–water partition coefficient (Wildman–Crippen LogP) is 1.27. The maximum absolute atomic E-state index is 12.6. The van der Waals surface area contributed by atoms with Crippen molar-refractivity contribution < 1.29 is 9.59 Å². The van der Waals surface area contributed by atoms with Gasteiger partial charge in [-0.15, -0.1) is 10.2 Å². The van der Waals surface area contributed by atoms with Crippen molar-refractivity contribution in [3.8, 4) is 0 Å². The van der Waals surface area contributed by atoms with Crippen LogP contribution in [-0.4, -0.2) is 57.2 Å². The Morgan fingerprint density at radius 1 is 1.44 bits per heavy atom. The molecule has 0 radical (unpaired) electrons. The number of hydrogen-bond acceptors (Lipinski definition) is 6. The van der Waals surface area contributed by atoms with E-state index < -0.39 is 0 Å². The number of carbonyl (C=O) groups excluding carboxylic acids is 2. The van der Waals surface area contributed by atoms with Crippen LogP contribution in [0.2, 0.25) is 0 Å². The van der Waals surface area contributed by atoms with E-state index in [-0.39, 0.29) is 24.2 Å². The number of nitrogens with one attached hydrogen (secondary N) is 1. The van der Waals surface area contributed by atoms with Gasteiger partial charge in [-0.3, -0.25) is 19.6 Å². The van der Waals surface area contributed by atoms with Crippen LogP contribution in [-0.2, 0) is 22.4 Å². The molecule has 1 atom stereocenters. The summed E-state index contributed by atoms with van der Waals surface area (Å²) in [6.45, 7) is 3.06. The van der Waals surface area contributed by atoms with Crippen LogP contribution in [0, 0.1) is 5.92 Å². The van der Waals surface area contributed by atoms with Crippen molar-refractivity contribution in [1.29, 1.82) is 0 Å². The van der Waals surface area contributed by atoms with E-state index in [2.05, 4.69) is 27.3 Å². The highest BCUT2D eigenvalue weighted by molar-refractivity contribution is 7.15. The maximum Gasteiger partial charge on any atom is 0.229 e. The van der Waals surface area contributed by atoms with Crippen LogP contribution >= 0.6 is 11.3 Å². The molecule has 2 aromatic heterocycles. The Morgan fingerprint density at radius 3 is 3.00 bits per heavy atom. The van der Waals surface area contributed by atoms with Gasteiger partial charge in [0.05, 0.1) is 12.1 Å². The van der Waals surface area contributed by atoms with E-state index >= 15 is 0 Å². The van der Waals surface area contributed by atoms with Crippen LogP contribution in [0.1, 0.15) is 30.3 Å². The summed E-state index contributed by atoms with van der Waals surface area (Å²) in [6, 6.07) is 0. The fraction of sp³-hybridized carbons (Fsp3) is 0.562. The summed E-state index contributed by atoms with van der Waals surface area (Å²) in [5.74, 6) is -0.376. The molecular formula is C16H22N6O2S. The van der Waals surface area contributed by atoms with Gasteiger partial charge in [0.2, 0.25) is 16.9 Å². The van der Waals surface area contributed by atoms with Crippen LogP contribution in [0.5, 0.6) is 0 Å². The molecule has 9 heteroatoms. The lowest BCUT2D eigenvalue weighted by Gasteiger charge is -2.20. The Labute approximate surface area is 150 Å². The van der Waals surface area contributed by atoms with Crippen molar-refractivity contribution in [2.75, 3.05) is 25.0 Å². The zero-order valence-corrected chi connectivity index (χ0v) is 15.3. The summed E-state index contributed by atoms with van der Waals surface area (Å²) in [7, 11) is 1.78. The highest BCUT2D eigenvalue weighted by Gasteiger charge is 2.37. The lowest BCUT2D eigenvalue weighted by atomic mass is 10.1. The van der Waals surface area contributed by atoms with Gasteiger partial charge in [0.25, 0.3) is 0 Å². The number of aryl methyl sites for hydroxylation is 1. The Bertz CT molecular complexity index is 729. The molecule has 0 saturated carbocycles. The third-order valence-electron chi connectivity index (χ3n) is 4.29. The van der Waals surface area contributed by atoms with E-state index in [4.69, 9.17) is 0 Å². The van der Waals surface area contributed by atoms with Crippen molar-refractivity contribution in [3.63, 3.8) is 0 Å². The first-order chi connectivity index (χ1) is 12.1. The summed E-state index contributed by atoms with van der Waals surface area (Å²) in [5.41, 5.74) is 1.06. The first-order valence-electron chi connectivity index (χ1n) is 8.43. The first-order valence-corrected chi connectivity index (χ1v) is 9.25. The highest BCUT2D eigenvalue weighted by Crippen LogP contribution is 2.29. The van der Waals surface area contributed by atoms with E-state index in [0.717, 1.165) is 29.8 Å². The van der Waals surface area contributed by atoms with Crippen LogP contribution in [0.15, 0.2) is 12.4 Å². The maximum atomic E-state index is 12.6. The van der Waals surface area contributed by atoms with Crippen molar-refractivity contribution in [2.45, 2.75) is 32.6 Å². The molecule has 1 aliphatic heterocycles. The number of aromatic nitrogens is 4. The van der Waals surface area contributed by atoms with Crippen LogP contribution in [0.3, 0.4) is 0 Å². The fourth-order valence-corrected chi connectivity index (χ4v) is 3.83. The molecule has 1 fully saturated rings. The average molecular weight is 362 g/mol. The minimum Gasteiger partial charge on any atom is -0.345 e. The molecule has 0 aliphatic carbocycles. The van der Waals surface area contributed by atoms with E-state index in [1.165, 1.54) is 11.3 Å². The normalized spacial score (nSPS) is 17.3. The van der Waals surface area contributed by atoms with Gasteiger partial charge in [-0.1, -0.05) is 18.3 Å². The van der Waals surface area contributed by atoms with Crippen molar-refractivity contribution in [3.05, 3.63) is 23.0 Å². The molecule has 0 spiro atoms. The summed E-state index contributed by atoms with van der Waals surface area (Å²) in [5, 5.41) is 16.4. The lowest BCUT2D eigenvalue weighted by Crippen LogP contribution is -2.35. The number of H-pyrrole nitrogens is 1. The monoisotopic (exact) mass is 362 g/mol. The average Bonchev–Trinajstić information content (AvgIpc) is 3.33. The largest absolute Gasteiger partial charge is 0.345 e. The standard InChI is InChI=1S/C16H22N6O2S/c1-3-4-13-19-20-16(25-13)22-10-12(7-14(22)23)15(24)21(2)6-5-11-8-17-18-9-11/h8-9,12H,3-7,10H2,1-2H3,(H,17,18). The number of rotatable bonds is 7. The van der Waals surface area contributed by atoms with Gasteiger partial charge in [0.1, 0.15) is 5.01 Å². The van der Waals surface area contributed by atoms with Gasteiger partial charge in [-0.05, 0) is 18.4 Å². The third kappa shape index (κ3) is 4.04. The zero-order chi connectivity index (χ0) is 17.8. The molecule has 0 bridgehead atoms. The topological polar surface area (TPSA) is 95.1 Å². The van der Waals surface area contributed by atoms with E-state index in [9.17, 15) is 9.59 Å². The molecule has 3 rings (SSSR count). The highest BCUT2D eigenvalue weighted by atomic mass is 32.1. The molecule has 1 saturated heterocycles. The van der Waals surface area contributed by atoms with Gasteiger partial charge in [-0.25, -0.2) is 0 Å². The Morgan fingerprint density at radius 2 is 2.28 bits per heavy atom. The molecule has 2 aromatic rings. The third-order valence-corrected chi connectivity index (χ3v) is 5.30. The summed E-state index contributed by atoms with van der Waals surface area (Å²) >= 11 is 1.44. The quantitative estimate of drug-likeness (QED) is 0.800. The Balaban J connectivity index is 1.57. The second-order valence-corrected chi connectivity index (χ2v) is 7.29. The van der Waals surface area contributed by atoms with Crippen molar-refractivity contribution in [1.82, 2.24) is 25.3 Å². The smallest absolute Gasteiger partial charge is 0.229 e. The number of amides is 2. The predicted molar refractivity (Wildman–Crippen MR) is 94.3 cm³/mol. The second kappa shape index (κ2) is 7.73. The minimum atomic E-state index is -0.319. The van der Waals surface area contributed by atoms with E-state index in [1.54, 1.807) is 23.0 Å². The molecule has 1 aliphatic rings. The molecule has 0 aromatic carbocycles. The first kappa shape index (κ1) is 17.5. The number of anilines is 1. The van der Waals surface area contributed by atoms with E-state index in [0.29, 0.717) is 18.2 Å². The SMILES string of the molecule is CCCc1nnc(N2CC(C(=O)N(C)CCc3cn[nH]c3)CC2=O)s1. The Kier molecular flexibility index (Phi) is 5.42. The number of aromatic amines is 1. The molecule has 134 valence electrons. The summed E-state index contributed by atoms with van der Waals surface area (Å²) < 4.78 is 0. The molecule has 1 N–H and O–H groups in total. The molecule has 2 amide bonds. The number of likely N-dealkylation sites (N-methyl/N-ethyl adjacent to an activating group) is 1. The number of nitrogens with zero attached hydrogens (tertiary/aromatic N) is 5. The summed E-state index contributed by atoms with van der Waals surface area (Å²) in [4.78, 5) is 28.2. The van der Waals surface area contributed by atoms with Gasteiger partial charge in [0.15, 0.2) is 0 Å². The number of hydrogen-bond donors (Lipinski definition) is 1. The van der Waals surface area contributed by atoms with Crippen LogP contribution in [0.25, 0.3) is 0 Å². The van der Waals surface area contributed by atoms with Gasteiger partial charge >= 0.3 is 0 Å². The van der Waals surface area contributed by atoms with Gasteiger partial charge < -0.3 is 4.90 Å². The molecule has 1 unspecified atom stereocenters. The van der Waals surface area contributed by atoms with E-state index in [1.807, 2.05) is 6.20 Å². The summed E-state index contributed by atoms with van der Waals surface area (Å²) in [6.07, 6.45) is 6.40. The second-order valence-electron chi connectivity index (χ2n) is 6.25. The molecule has 25 heavy (non-hydrogen) atoms. The van der Waals surface area contributed by atoms with Gasteiger partial charge in [-0.2, -0.15) is 5.10 Å². The van der Waals surface area contributed by atoms with Crippen molar-refractivity contribution >= 4 is 28.3 Å².